The molecule has 9 fully saturated rings. The molecule has 0 amide bonds. The molecule has 34 nitrogen and oxygen atoms in total. The molecule has 0 aromatic carbocycles. The van der Waals surface area contributed by atoms with E-state index in [1.54, 1.807) is 0 Å². The number of carbonyl (C=O) groups is 2. The molecule has 0 aromatic rings. The molecule has 6 aliphatic heterocycles. The summed E-state index contributed by atoms with van der Waals surface area (Å²) >= 11 is 0. The number of aliphatic hydroxyl groups excluding tert-OH is 11. The molecule has 0 aromatic heterocycles. The van der Waals surface area contributed by atoms with Gasteiger partial charge in [-0.3, -0.25) is 18.7 Å². The van der Waals surface area contributed by atoms with Crippen LogP contribution in [0.4, 0.5) is 0 Å². The summed E-state index contributed by atoms with van der Waals surface area (Å²) in [5, 5.41) is 123. The van der Waals surface area contributed by atoms with Crippen molar-refractivity contribution in [1.82, 2.24) is 0 Å². The molecular weight excluding hydrogens is 1340 g/mol. The highest BCUT2D eigenvalue weighted by molar-refractivity contribution is 7.81. The molecule has 556 valence electrons. The van der Waals surface area contributed by atoms with Crippen LogP contribution in [0.5, 0.6) is 0 Å². The summed E-state index contributed by atoms with van der Waals surface area (Å²) in [7, 11) is -9.57. The van der Waals surface area contributed by atoms with Crippen LogP contribution < -0.4 is 0 Å². The Morgan fingerprint density at radius 3 is 1.88 bits per heavy atom. The van der Waals surface area contributed by atoms with Gasteiger partial charge in [-0.1, -0.05) is 44.9 Å². The van der Waals surface area contributed by atoms with Gasteiger partial charge in [0.2, 0.25) is 0 Å². The molecule has 0 bridgehead atoms. The van der Waals surface area contributed by atoms with Gasteiger partial charge in [-0.25, -0.2) is 8.37 Å². The second-order valence-corrected chi connectivity index (χ2v) is 31.1. The Bertz CT molecular complexity index is 3070. The average Bonchev–Trinajstić information content (AvgIpc) is 1.53. The monoisotopic (exact) mass is 1440 g/mol. The largest absolute Gasteiger partial charge is 0.462 e. The van der Waals surface area contributed by atoms with E-state index in [0.29, 0.717) is 51.4 Å². The predicted molar refractivity (Wildman–Crippen MR) is 320 cm³/mol. The van der Waals surface area contributed by atoms with Crippen molar-refractivity contribution in [3.8, 4) is 0 Å². The summed E-state index contributed by atoms with van der Waals surface area (Å²) in [6.07, 6.45) is -40.1. The minimum atomic E-state index is -5.36. The third-order valence-corrected chi connectivity index (χ3v) is 23.5. The third-order valence-electron chi connectivity index (χ3n) is 22.6. The Labute approximate surface area is 561 Å². The van der Waals surface area contributed by atoms with Gasteiger partial charge in [-0.2, -0.15) is 16.8 Å². The first-order valence-electron chi connectivity index (χ1n) is 32.7. The average molecular weight is 1440 g/mol. The summed E-state index contributed by atoms with van der Waals surface area (Å²) in [4.78, 5) is 27.7. The lowest BCUT2D eigenvalue weighted by molar-refractivity contribution is -0.405. The van der Waals surface area contributed by atoms with E-state index >= 15 is 0 Å². The van der Waals surface area contributed by atoms with E-state index < -0.39 is 247 Å². The van der Waals surface area contributed by atoms with Gasteiger partial charge >= 0.3 is 32.7 Å². The highest BCUT2D eigenvalue weighted by Gasteiger charge is 2.79. The summed E-state index contributed by atoms with van der Waals surface area (Å²) in [6, 6.07) is 0. The maximum atomic E-state index is 14.8. The lowest BCUT2D eigenvalue weighted by atomic mass is 9.41. The molecule has 4 aliphatic carbocycles. The molecule has 97 heavy (non-hydrogen) atoms. The van der Waals surface area contributed by atoms with Gasteiger partial charge in [0, 0.05) is 19.4 Å². The van der Waals surface area contributed by atoms with Crippen LogP contribution in [0.2, 0.25) is 0 Å². The Hall–Kier alpha value is -2.72. The Morgan fingerprint density at radius 1 is 0.649 bits per heavy atom. The molecule has 6 saturated heterocycles. The van der Waals surface area contributed by atoms with Gasteiger partial charge in [-0.05, 0) is 94.3 Å². The van der Waals surface area contributed by atoms with Crippen molar-refractivity contribution in [1.29, 1.82) is 0 Å². The number of carbonyl (C=O) groups excluding carboxylic acids is 2. The lowest BCUT2D eigenvalue weighted by Gasteiger charge is -2.64. The topological polar surface area (TPSA) is 504 Å². The zero-order valence-electron chi connectivity index (χ0n) is 55.1. The zero-order chi connectivity index (χ0) is 71.2. The van der Waals surface area contributed by atoms with Crippen molar-refractivity contribution in [2.45, 2.75) is 265 Å². The minimum absolute atomic E-state index is 0.0697. The molecule has 10 aliphatic rings. The van der Waals surface area contributed by atoms with E-state index in [1.807, 2.05) is 27.7 Å². The van der Waals surface area contributed by atoms with Crippen LogP contribution >= 0.6 is 0 Å². The number of ether oxygens (including phenoxy) is 13. The van der Waals surface area contributed by atoms with Gasteiger partial charge in [0.15, 0.2) is 31.5 Å². The van der Waals surface area contributed by atoms with Crippen LogP contribution in [0.15, 0.2) is 23.8 Å². The summed E-state index contributed by atoms with van der Waals surface area (Å²) in [5.74, 6) is -1.41. The van der Waals surface area contributed by atoms with Crippen LogP contribution in [0.3, 0.4) is 0 Å². The van der Waals surface area contributed by atoms with Crippen LogP contribution in [0, 0.1) is 39.4 Å². The Balaban J connectivity index is 0.938. The molecule has 32 atom stereocenters. The number of hydrogen-bond donors (Lipinski definition) is 13. The van der Waals surface area contributed by atoms with E-state index in [1.165, 1.54) is 6.92 Å². The van der Waals surface area contributed by atoms with E-state index in [0.717, 1.165) is 24.7 Å². The fourth-order valence-corrected chi connectivity index (χ4v) is 18.8. The number of cyclic esters (lactones) is 1. The first-order chi connectivity index (χ1) is 45.3. The summed E-state index contributed by atoms with van der Waals surface area (Å²) < 4.78 is 155. The molecule has 4 unspecified atom stereocenters. The number of rotatable bonds is 23. The molecule has 3 saturated carbocycles. The van der Waals surface area contributed by atoms with E-state index in [4.69, 9.17) is 65.8 Å². The van der Waals surface area contributed by atoms with Crippen LogP contribution in [-0.4, -0.2) is 293 Å². The van der Waals surface area contributed by atoms with E-state index in [-0.39, 0.29) is 17.8 Å². The highest BCUT2D eigenvalue weighted by Crippen LogP contribution is 2.77. The second kappa shape index (κ2) is 29.1. The fraction of sp³-hybridized carbons (Fsp3) is 0.902. The predicted octanol–water partition coefficient (Wildman–Crippen LogP) is -2.76. The van der Waals surface area contributed by atoms with Gasteiger partial charge in [0.05, 0.1) is 50.5 Å². The SMILES string of the molecule is C=C(C)CCC[C@]1(C)OC(=O)C23CC[C@H]4C(=CC[C@H]5C(C)(C)C(O[C@@H]6OC[C@@H](OS(=O)(=O)O)[C@H](O)[C@H]6O[C@@H]6O[C@H](CO)[C@@H](O[C@@H]7O[C@H](COS(=O)(=O)O)[C@@H](O)[C@H](O[C@@H]8O[C@H](CO)[C@@H](O)[C@H](OC)[C@H]8O)[C@H]7O)[C@H](O)[C@H]6O[C@@H]6OC[C@@H](O)[C@H](O)[C@H]6O)CC[C@]45C)[C@]2(C)CC(OC(C)=O)C31. The third kappa shape index (κ3) is 14.5. The first kappa shape index (κ1) is 76.9. The van der Waals surface area contributed by atoms with Crippen LogP contribution in [0.1, 0.15) is 106 Å². The van der Waals surface area contributed by atoms with Gasteiger partial charge in [0.1, 0.15) is 122 Å². The molecule has 13 N–H and O–H groups in total. The number of fused-ring (bicyclic) bond motifs is 4. The number of hydrogen-bond acceptors (Lipinski definition) is 32. The van der Waals surface area contributed by atoms with Gasteiger partial charge in [0.25, 0.3) is 0 Å². The van der Waals surface area contributed by atoms with Crippen molar-refractivity contribution >= 4 is 32.7 Å². The van der Waals surface area contributed by atoms with E-state index in [2.05, 4.69) is 30.7 Å². The quantitative estimate of drug-likeness (QED) is 0.0280. The Kier molecular flexibility index (Phi) is 23.1. The standard InChI is InChI=1S/C61H96O34S2/c1-25(2)11-10-16-60(8)50-30(85-26(3)64)19-59(7)28-12-13-35-57(4,5)36(15-17-58(35,6)27(28)14-18-61(50,59)56(74)94-60)89-54-48(40(69)34(23-83-54)95-97(78,79)80)93-55-49(92-51-41(70)37(66)29(65)22-82-51)42(71)45(32(21-63)87-55)90-53-44(73)47(39(68)33(88-53)24-84-96(75,76)77)91-52-43(72)46(81-9)38(67)31(20-62)86-52/h12,27,29-55,62-63,65-73H,1,10-11,13-24H2,2-9H3,(H,75,76,77)(H,78,79,80)/t27-,29+,30?,31+,32+,33+,34+,35-,36?,37-,38+,39+,40-,41+,42-,43+,44+,45+,46-,47-,48+,49+,50?,51-,52-,53-,54-,55-,58+,59-,60-,61?/m0/s1. The molecule has 10 rings (SSSR count). The van der Waals surface area contributed by atoms with Crippen LogP contribution in [-0.2, 0) is 100 Å². The highest BCUT2D eigenvalue weighted by atomic mass is 32.3. The van der Waals surface area contributed by atoms with Crippen molar-refractivity contribution in [2.75, 3.05) is 40.1 Å². The van der Waals surface area contributed by atoms with Crippen LogP contribution in [0.25, 0.3) is 0 Å². The minimum Gasteiger partial charge on any atom is -0.462 e. The normalized spacial score (nSPS) is 48.3. The molecule has 36 heteroatoms. The number of methoxy groups -OCH3 is 1. The maximum Gasteiger partial charge on any atom is 0.397 e. The van der Waals surface area contributed by atoms with Crippen molar-refractivity contribution < 1.29 is 162 Å². The van der Waals surface area contributed by atoms with Gasteiger partial charge in [-0.15, -0.1) is 6.58 Å². The zero-order valence-corrected chi connectivity index (χ0v) is 56.7. The molecular formula is C61H96O34S2. The molecule has 6 heterocycles. The molecule has 0 radical (unpaired) electrons. The van der Waals surface area contributed by atoms with Gasteiger partial charge < -0.3 is 118 Å². The van der Waals surface area contributed by atoms with Crippen molar-refractivity contribution in [3.63, 3.8) is 0 Å². The fourth-order valence-electron chi connectivity index (χ4n) is 18.0. The number of aliphatic hydroxyl groups is 11. The number of esters is 2. The van der Waals surface area contributed by atoms with E-state index in [9.17, 15) is 91.7 Å². The molecule has 1 spiro atoms. The smallest absolute Gasteiger partial charge is 0.397 e. The maximum absolute atomic E-state index is 14.8. The number of allylic oxidation sites excluding steroid dienone is 3. The van der Waals surface area contributed by atoms with Crippen molar-refractivity contribution in [2.24, 2.45) is 39.4 Å². The summed E-state index contributed by atoms with van der Waals surface area (Å²) in [6.45, 7) is 12.9. The second-order valence-electron chi connectivity index (χ2n) is 28.9. The first-order valence-corrected chi connectivity index (χ1v) is 35.4. The summed E-state index contributed by atoms with van der Waals surface area (Å²) in [5.41, 5.74) is -1.83. The van der Waals surface area contributed by atoms with Crippen molar-refractivity contribution in [3.05, 3.63) is 23.8 Å². The Morgan fingerprint density at radius 2 is 1.25 bits per heavy atom. The lowest BCUT2D eigenvalue weighted by Crippen LogP contribution is -2.68.